The second kappa shape index (κ2) is 16.1. The zero-order valence-electron chi connectivity index (χ0n) is 22.6. The number of amides is 1. The average Bonchev–Trinajstić information content (AvgIpc) is 3.43. The van der Waals surface area contributed by atoms with E-state index in [2.05, 4.69) is 31.2 Å². The average molecular weight is 508 g/mol. The molecule has 202 valence electrons. The summed E-state index contributed by atoms with van der Waals surface area (Å²) in [6.07, 6.45) is 15.6. The van der Waals surface area contributed by atoms with Crippen LogP contribution in [0.5, 0.6) is 5.75 Å². The molecular weight excluding hydrogens is 462 g/mol. The summed E-state index contributed by atoms with van der Waals surface area (Å²) in [5.41, 5.74) is 3.54. The van der Waals surface area contributed by atoms with Gasteiger partial charge in [-0.2, -0.15) is 0 Å². The largest absolute Gasteiger partial charge is 0.482 e. The van der Waals surface area contributed by atoms with Crippen molar-refractivity contribution in [3.05, 3.63) is 65.2 Å². The molecule has 0 bridgehead atoms. The van der Waals surface area contributed by atoms with Gasteiger partial charge in [-0.25, -0.2) is 4.79 Å². The number of carbonyl (C=O) groups is 2. The smallest absolute Gasteiger partial charge is 0.341 e. The van der Waals surface area contributed by atoms with Gasteiger partial charge in [0, 0.05) is 19.5 Å². The molecule has 1 N–H and O–H groups in total. The van der Waals surface area contributed by atoms with Crippen LogP contribution < -0.4 is 4.74 Å². The minimum absolute atomic E-state index is 0.203. The Labute approximate surface area is 223 Å². The highest BCUT2D eigenvalue weighted by molar-refractivity contribution is 5.76. The summed E-state index contributed by atoms with van der Waals surface area (Å²) in [4.78, 5) is 26.0. The van der Waals surface area contributed by atoms with Crippen LogP contribution in [0.1, 0.15) is 101 Å². The van der Waals surface area contributed by atoms with Gasteiger partial charge in [0.1, 0.15) is 5.75 Å². The van der Waals surface area contributed by atoms with Crippen molar-refractivity contribution in [2.45, 2.75) is 103 Å². The van der Waals surface area contributed by atoms with E-state index in [4.69, 9.17) is 9.84 Å². The predicted molar refractivity (Wildman–Crippen MR) is 149 cm³/mol. The first-order valence-corrected chi connectivity index (χ1v) is 14.3. The van der Waals surface area contributed by atoms with E-state index in [1.165, 1.54) is 69.8 Å². The molecule has 0 aliphatic heterocycles. The van der Waals surface area contributed by atoms with Crippen molar-refractivity contribution >= 4 is 11.9 Å². The van der Waals surface area contributed by atoms with Crippen molar-refractivity contribution in [1.29, 1.82) is 0 Å². The molecule has 0 spiro atoms. The molecule has 0 atom stereocenters. The highest BCUT2D eigenvalue weighted by Gasteiger charge is 2.20. The summed E-state index contributed by atoms with van der Waals surface area (Å²) in [6, 6.07) is 16.2. The lowest BCUT2D eigenvalue weighted by molar-refractivity contribution is -0.139. The molecule has 0 aromatic heterocycles. The van der Waals surface area contributed by atoms with Gasteiger partial charge >= 0.3 is 5.97 Å². The number of nitrogens with zero attached hydrogens (tertiary/aromatic N) is 1. The first-order chi connectivity index (χ1) is 18.0. The van der Waals surface area contributed by atoms with Gasteiger partial charge in [0.05, 0.1) is 0 Å². The van der Waals surface area contributed by atoms with Crippen molar-refractivity contribution in [3.8, 4) is 5.75 Å². The van der Waals surface area contributed by atoms with Crippen LogP contribution in [-0.4, -0.2) is 28.5 Å². The standard InChI is InChI=1S/C32H45NO4/c1-2-3-4-5-6-7-10-27-13-15-28(16-14-27)23-33(31(34)22-19-26-11-8-9-12-26)24-29-17-20-30(21-18-29)37-25-32(35)36/h13-18,20-21,26H,2-12,19,22-25H2,1H3,(H,35,36). The van der Waals surface area contributed by atoms with Crippen LogP contribution in [0, 0.1) is 5.92 Å². The molecule has 0 radical (unpaired) electrons. The molecule has 0 unspecified atom stereocenters. The first kappa shape index (κ1) is 28.7. The summed E-state index contributed by atoms with van der Waals surface area (Å²) >= 11 is 0. The molecule has 2 aromatic carbocycles. The van der Waals surface area contributed by atoms with Gasteiger partial charge < -0.3 is 14.7 Å². The Balaban J connectivity index is 1.57. The fourth-order valence-corrected chi connectivity index (χ4v) is 5.21. The normalized spacial score (nSPS) is 13.5. The third-order valence-electron chi connectivity index (χ3n) is 7.47. The van der Waals surface area contributed by atoms with Gasteiger partial charge in [0.25, 0.3) is 0 Å². The Bertz CT molecular complexity index is 932. The maximum absolute atomic E-state index is 13.3. The number of hydrogen-bond acceptors (Lipinski definition) is 3. The van der Waals surface area contributed by atoms with Crippen molar-refractivity contribution < 1.29 is 19.4 Å². The zero-order chi connectivity index (χ0) is 26.3. The van der Waals surface area contributed by atoms with Crippen molar-refractivity contribution in [3.63, 3.8) is 0 Å². The SMILES string of the molecule is CCCCCCCCc1ccc(CN(Cc2ccc(OCC(=O)O)cc2)C(=O)CCC2CCCC2)cc1. The first-order valence-electron chi connectivity index (χ1n) is 14.3. The highest BCUT2D eigenvalue weighted by Crippen LogP contribution is 2.29. The number of aryl methyl sites for hydroxylation is 1. The third kappa shape index (κ3) is 11.0. The molecule has 2 aromatic rings. The Hall–Kier alpha value is -2.82. The molecule has 0 saturated heterocycles. The molecule has 1 amide bonds. The summed E-state index contributed by atoms with van der Waals surface area (Å²) in [6.45, 7) is 3.02. The summed E-state index contributed by atoms with van der Waals surface area (Å²) < 4.78 is 5.25. The van der Waals surface area contributed by atoms with Crippen LogP contribution in [0.4, 0.5) is 0 Å². The van der Waals surface area contributed by atoms with Crippen LogP contribution in [0.15, 0.2) is 48.5 Å². The number of benzene rings is 2. The monoisotopic (exact) mass is 507 g/mol. The Morgan fingerprint density at radius 3 is 2.03 bits per heavy atom. The zero-order valence-corrected chi connectivity index (χ0v) is 22.6. The van der Waals surface area contributed by atoms with E-state index in [1.807, 2.05) is 17.0 Å². The molecule has 1 saturated carbocycles. The molecule has 1 aliphatic carbocycles. The maximum atomic E-state index is 13.3. The van der Waals surface area contributed by atoms with E-state index in [-0.39, 0.29) is 12.5 Å². The van der Waals surface area contributed by atoms with Crippen molar-refractivity contribution in [2.75, 3.05) is 6.61 Å². The summed E-state index contributed by atoms with van der Waals surface area (Å²) in [5, 5.41) is 8.81. The fraction of sp³-hybridized carbons (Fsp3) is 0.562. The number of rotatable bonds is 17. The van der Waals surface area contributed by atoms with Crippen LogP contribution in [0.25, 0.3) is 0 Å². The number of aliphatic carboxylic acids is 1. The summed E-state index contributed by atoms with van der Waals surface area (Å²) in [7, 11) is 0. The topological polar surface area (TPSA) is 66.8 Å². The molecule has 3 rings (SSSR count). The fourth-order valence-electron chi connectivity index (χ4n) is 5.21. The van der Waals surface area contributed by atoms with E-state index in [0.717, 1.165) is 24.0 Å². The van der Waals surface area contributed by atoms with E-state index in [1.54, 1.807) is 12.1 Å². The van der Waals surface area contributed by atoms with Crippen LogP contribution in [0.2, 0.25) is 0 Å². The van der Waals surface area contributed by atoms with Gasteiger partial charge in [-0.15, -0.1) is 0 Å². The van der Waals surface area contributed by atoms with Crippen LogP contribution in [0.3, 0.4) is 0 Å². The minimum Gasteiger partial charge on any atom is -0.482 e. The van der Waals surface area contributed by atoms with E-state index >= 15 is 0 Å². The van der Waals surface area contributed by atoms with Crippen LogP contribution >= 0.6 is 0 Å². The molecule has 5 nitrogen and oxygen atoms in total. The number of ether oxygens (including phenoxy) is 1. The highest BCUT2D eigenvalue weighted by atomic mass is 16.5. The Morgan fingerprint density at radius 2 is 1.41 bits per heavy atom. The van der Waals surface area contributed by atoms with E-state index in [0.29, 0.717) is 31.2 Å². The second-order valence-corrected chi connectivity index (χ2v) is 10.6. The predicted octanol–water partition coefficient (Wildman–Crippen LogP) is 7.55. The quantitative estimate of drug-likeness (QED) is 0.224. The number of carbonyl (C=O) groups excluding carboxylic acids is 1. The lowest BCUT2D eigenvalue weighted by Gasteiger charge is -2.24. The molecule has 0 heterocycles. The minimum atomic E-state index is -0.999. The lowest BCUT2D eigenvalue weighted by Crippen LogP contribution is -2.30. The Morgan fingerprint density at radius 1 is 0.838 bits per heavy atom. The number of carboxylic acid groups (broad SMARTS) is 1. The van der Waals surface area contributed by atoms with Gasteiger partial charge in [-0.3, -0.25) is 4.79 Å². The van der Waals surface area contributed by atoms with Gasteiger partial charge in [-0.1, -0.05) is 101 Å². The van der Waals surface area contributed by atoms with Crippen molar-refractivity contribution in [2.24, 2.45) is 5.92 Å². The van der Waals surface area contributed by atoms with Crippen LogP contribution in [-0.2, 0) is 29.1 Å². The van der Waals surface area contributed by atoms with Gasteiger partial charge in [-0.05, 0) is 54.0 Å². The van der Waals surface area contributed by atoms with Gasteiger partial charge in [0.2, 0.25) is 5.91 Å². The third-order valence-corrected chi connectivity index (χ3v) is 7.47. The summed E-state index contributed by atoms with van der Waals surface area (Å²) in [5.74, 6) is 0.416. The van der Waals surface area contributed by atoms with Crippen molar-refractivity contribution in [1.82, 2.24) is 4.90 Å². The molecule has 5 heteroatoms. The number of hydrogen-bond donors (Lipinski definition) is 1. The number of unbranched alkanes of at least 4 members (excludes halogenated alkanes) is 5. The molecule has 1 aliphatic rings. The van der Waals surface area contributed by atoms with E-state index in [9.17, 15) is 9.59 Å². The van der Waals surface area contributed by atoms with Gasteiger partial charge in [0.15, 0.2) is 6.61 Å². The maximum Gasteiger partial charge on any atom is 0.341 e. The molecular formula is C32H45NO4. The molecule has 1 fully saturated rings. The lowest BCUT2D eigenvalue weighted by atomic mass is 10.0. The second-order valence-electron chi connectivity index (χ2n) is 10.6. The Kier molecular flexibility index (Phi) is 12.5. The van der Waals surface area contributed by atoms with E-state index < -0.39 is 5.97 Å². The number of carboxylic acids is 1. The molecule has 37 heavy (non-hydrogen) atoms.